The van der Waals surface area contributed by atoms with E-state index < -0.39 is 5.91 Å². The zero-order valence-electron chi connectivity index (χ0n) is 14.1. The summed E-state index contributed by atoms with van der Waals surface area (Å²) in [5.74, 6) is 0.129. The van der Waals surface area contributed by atoms with Crippen molar-refractivity contribution in [2.75, 3.05) is 6.61 Å². The number of rotatable bonds is 7. The van der Waals surface area contributed by atoms with Crippen LogP contribution in [0.3, 0.4) is 0 Å². The molecule has 1 aromatic carbocycles. The highest BCUT2D eigenvalue weighted by molar-refractivity contribution is 6.30. The fourth-order valence-electron chi connectivity index (χ4n) is 2.70. The van der Waals surface area contributed by atoms with Crippen molar-refractivity contribution in [3.05, 3.63) is 28.8 Å². The summed E-state index contributed by atoms with van der Waals surface area (Å²) < 4.78 is 5.45. The molecule has 0 saturated heterocycles. The van der Waals surface area contributed by atoms with Crippen molar-refractivity contribution in [3.63, 3.8) is 0 Å². The SMILES string of the molecule is CC(C)(C)CC(C)(C)NCc1cc(Cl)ccc1OCC(N)=O. The number of nitrogens with one attached hydrogen (secondary N) is 1. The Kier molecular flexibility index (Phi) is 6.27. The van der Waals surface area contributed by atoms with Crippen molar-refractivity contribution in [2.45, 2.75) is 53.1 Å². The van der Waals surface area contributed by atoms with E-state index in [0.717, 1.165) is 12.0 Å². The summed E-state index contributed by atoms with van der Waals surface area (Å²) >= 11 is 6.06. The van der Waals surface area contributed by atoms with Crippen LogP contribution in [0.4, 0.5) is 0 Å². The molecule has 0 atom stereocenters. The Balaban J connectivity index is 2.79. The van der Waals surface area contributed by atoms with Crippen LogP contribution in [0.2, 0.25) is 5.02 Å². The van der Waals surface area contributed by atoms with E-state index >= 15 is 0 Å². The van der Waals surface area contributed by atoms with Crippen molar-refractivity contribution in [1.29, 1.82) is 0 Å². The summed E-state index contributed by atoms with van der Waals surface area (Å²) in [6.07, 6.45) is 1.03. The maximum absolute atomic E-state index is 10.9. The van der Waals surface area contributed by atoms with Crippen LogP contribution in [0.1, 0.15) is 46.6 Å². The smallest absolute Gasteiger partial charge is 0.255 e. The highest BCUT2D eigenvalue weighted by Gasteiger charge is 2.25. The molecule has 0 saturated carbocycles. The zero-order chi connectivity index (χ0) is 17.0. The molecule has 0 aliphatic heterocycles. The lowest BCUT2D eigenvalue weighted by molar-refractivity contribution is -0.119. The number of carbonyl (C=O) groups is 1. The summed E-state index contributed by atoms with van der Waals surface area (Å²) in [6, 6.07) is 5.35. The number of amides is 1. The average Bonchev–Trinajstić information content (AvgIpc) is 2.32. The highest BCUT2D eigenvalue weighted by atomic mass is 35.5. The lowest BCUT2D eigenvalue weighted by atomic mass is 9.82. The molecule has 0 spiro atoms. The molecule has 124 valence electrons. The molecule has 1 rings (SSSR count). The Morgan fingerprint density at radius 3 is 2.45 bits per heavy atom. The minimum absolute atomic E-state index is 0.0263. The Bertz CT molecular complexity index is 522. The number of hydrogen-bond acceptors (Lipinski definition) is 3. The maximum atomic E-state index is 10.9. The van der Waals surface area contributed by atoms with Gasteiger partial charge in [0.1, 0.15) is 5.75 Å². The standard InChI is InChI=1S/C17H27ClN2O2/c1-16(2,3)11-17(4,5)20-9-12-8-13(18)6-7-14(12)22-10-15(19)21/h6-8,20H,9-11H2,1-5H3,(H2,19,21). The Hall–Kier alpha value is -1.26. The predicted octanol–water partition coefficient (Wildman–Crippen LogP) is 3.51. The molecule has 3 N–H and O–H groups in total. The van der Waals surface area contributed by atoms with E-state index in [1.807, 2.05) is 6.07 Å². The average molecular weight is 327 g/mol. The molecule has 0 heterocycles. The van der Waals surface area contributed by atoms with Gasteiger partial charge in [-0.15, -0.1) is 0 Å². The van der Waals surface area contributed by atoms with E-state index in [1.165, 1.54) is 0 Å². The summed E-state index contributed by atoms with van der Waals surface area (Å²) in [5, 5.41) is 4.17. The van der Waals surface area contributed by atoms with Crippen molar-refractivity contribution >= 4 is 17.5 Å². The molecular formula is C17H27ClN2O2. The van der Waals surface area contributed by atoms with Gasteiger partial charge in [-0.25, -0.2) is 0 Å². The summed E-state index contributed by atoms with van der Waals surface area (Å²) in [6.45, 7) is 11.5. The third kappa shape index (κ3) is 7.14. The van der Waals surface area contributed by atoms with Gasteiger partial charge in [-0.1, -0.05) is 32.4 Å². The van der Waals surface area contributed by atoms with Crippen LogP contribution in [0.25, 0.3) is 0 Å². The molecule has 1 aromatic rings. The van der Waals surface area contributed by atoms with Crippen LogP contribution in [-0.2, 0) is 11.3 Å². The number of primary amides is 1. The number of carbonyl (C=O) groups excluding carboxylic acids is 1. The zero-order valence-corrected chi connectivity index (χ0v) is 14.9. The van der Waals surface area contributed by atoms with Crippen LogP contribution in [0.5, 0.6) is 5.75 Å². The summed E-state index contributed by atoms with van der Waals surface area (Å²) in [4.78, 5) is 10.9. The number of ether oxygens (including phenoxy) is 1. The van der Waals surface area contributed by atoms with Gasteiger partial charge in [0, 0.05) is 22.7 Å². The third-order valence-electron chi connectivity index (χ3n) is 3.12. The van der Waals surface area contributed by atoms with Gasteiger partial charge in [-0.3, -0.25) is 4.79 Å². The molecule has 0 aromatic heterocycles. The molecule has 22 heavy (non-hydrogen) atoms. The Labute approximate surface area is 138 Å². The van der Waals surface area contributed by atoms with Crippen molar-refractivity contribution in [2.24, 2.45) is 11.1 Å². The molecular weight excluding hydrogens is 300 g/mol. The Morgan fingerprint density at radius 2 is 1.91 bits per heavy atom. The number of hydrogen-bond donors (Lipinski definition) is 2. The molecule has 0 unspecified atom stereocenters. The van der Waals surface area contributed by atoms with Crippen LogP contribution in [0, 0.1) is 5.41 Å². The first kappa shape index (κ1) is 18.8. The van der Waals surface area contributed by atoms with Gasteiger partial charge in [0.2, 0.25) is 0 Å². The van der Waals surface area contributed by atoms with Gasteiger partial charge in [-0.05, 0) is 43.9 Å². The summed E-state index contributed by atoms with van der Waals surface area (Å²) in [5.41, 5.74) is 6.25. The minimum Gasteiger partial charge on any atom is -0.483 e. The second-order valence-electron chi connectivity index (χ2n) is 7.48. The number of benzene rings is 1. The molecule has 5 heteroatoms. The van der Waals surface area contributed by atoms with Gasteiger partial charge in [0.15, 0.2) is 6.61 Å². The second kappa shape index (κ2) is 7.34. The number of halogens is 1. The highest BCUT2D eigenvalue weighted by Crippen LogP contribution is 2.28. The normalized spacial score (nSPS) is 12.3. The topological polar surface area (TPSA) is 64.3 Å². The van der Waals surface area contributed by atoms with Crippen molar-refractivity contribution in [1.82, 2.24) is 5.32 Å². The third-order valence-corrected chi connectivity index (χ3v) is 3.36. The van der Waals surface area contributed by atoms with Crippen LogP contribution >= 0.6 is 11.6 Å². The maximum Gasteiger partial charge on any atom is 0.255 e. The van der Waals surface area contributed by atoms with Crippen LogP contribution < -0.4 is 15.8 Å². The van der Waals surface area contributed by atoms with Gasteiger partial charge in [0.25, 0.3) is 5.91 Å². The second-order valence-corrected chi connectivity index (χ2v) is 7.92. The Morgan fingerprint density at radius 1 is 1.27 bits per heavy atom. The van der Waals surface area contributed by atoms with Crippen molar-refractivity contribution in [3.8, 4) is 5.75 Å². The summed E-state index contributed by atoms with van der Waals surface area (Å²) in [7, 11) is 0. The first-order valence-corrected chi connectivity index (χ1v) is 7.81. The van der Waals surface area contributed by atoms with Gasteiger partial charge in [-0.2, -0.15) is 0 Å². The first-order valence-electron chi connectivity index (χ1n) is 7.43. The fraction of sp³-hybridized carbons (Fsp3) is 0.588. The molecule has 4 nitrogen and oxygen atoms in total. The van der Waals surface area contributed by atoms with E-state index in [0.29, 0.717) is 17.3 Å². The lowest BCUT2D eigenvalue weighted by Crippen LogP contribution is -2.41. The van der Waals surface area contributed by atoms with E-state index in [2.05, 4.69) is 39.9 Å². The quantitative estimate of drug-likeness (QED) is 0.806. The monoisotopic (exact) mass is 326 g/mol. The van der Waals surface area contributed by atoms with E-state index in [1.54, 1.807) is 12.1 Å². The van der Waals surface area contributed by atoms with Crippen LogP contribution in [-0.4, -0.2) is 18.1 Å². The predicted molar refractivity (Wildman–Crippen MR) is 91.1 cm³/mol. The van der Waals surface area contributed by atoms with E-state index in [4.69, 9.17) is 22.1 Å². The molecule has 0 fully saturated rings. The van der Waals surface area contributed by atoms with Gasteiger partial charge >= 0.3 is 0 Å². The molecule has 1 amide bonds. The van der Waals surface area contributed by atoms with Gasteiger partial charge in [0.05, 0.1) is 0 Å². The first-order chi connectivity index (χ1) is 9.98. The molecule has 0 aliphatic rings. The largest absolute Gasteiger partial charge is 0.483 e. The van der Waals surface area contributed by atoms with Crippen LogP contribution in [0.15, 0.2) is 18.2 Å². The van der Waals surface area contributed by atoms with Gasteiger partial charge < -0.3 is 15.8 Å². The molecule has 0 radical (unpaired) electrons. The lowest BCUT2D eigenvalue weighted by Gasteiger charge is -2.33. The van der Waals surface area contributed by atoms with E-state index in [9.17, 15) is 4.79 Å². The van der Waals surface area contributed by atoms with E-state index in [-0.39, 0.29) is 17.6 Å². The minimum atomic E-state index is -0.498. The molecule has 0 bridgehead atoms. The fourth-order valence-corrected chi connectivity index (χ4v) is 2.89. The number of nitrogens with two attached hydrogens (primary N) is 1. The van der Waals surface area contributed by atoms with Crippen molar-refractivity contribution < 1.29 is 9.53 Å². The molecule has 0 aliphatic carbocycles.